The van der Waals surface area contributed by atoms with E-state index in [0.29, 0.717) is 0 Å². The normalized spacial score (nSPS) is 22.6. The molecule has 0 amide bonds. The molecule has 2 heteroatoms. The van der Waals surface area contributed by atoms with Crippen LogP contribution in [0.25, 0.3) is 0 Å². The van der Waals surface area contributed by atoms with Crippen LogP contribution in [0.4, 0.5) is 0 Å². The second kappa shape index (κ2) is 4.49. The standard InChI is InChI=1S/C18H22O2/c1-17(2,3)13-6-8-14(9-7-13)18(19)11-4-5-16-15(18)10-12-20-16/h6-10,12,19H,4-5,11H2,1-3H3. The van der Waals surface area contributed by atoms with E-state index in [9.17, 15) is 5.11 Å². The third kappa shape index (κ3) is 2.08. The quantitative estimate of drug-likeness (QED) is 0.844. The first-order chi connectivity index (χ1) is 9.41. The summed E-state index contributed by atoms with van der Waals surface area (Å²) >= 11 is 0. The zero-order valence-corrected chi connectivity index (χ0v) is 12.4. The Kier molecular flexibility index (Phi) is 3.02. The molecule has 3 rings (SSSR count). The molecule has 2 aromatic rings. The third-order valence-electron chi connectivity index (χ3n) is 4.36. The fraction of sp³-hybridized carbons (Fsp3) is 0.444. The van der Waals surface area contributed by atoms with Gasteiger partial charge in [0.15, 0.2) is 0 Å². The number of rotatable bonds is 1. The van der Waals surface area contributed by atoms with E-state index in [2.05, 4.69) is 45.0 Å². The maximum absolute atomic E-state index is 11.1. The van der Waals surface area contributed by atoms with Crippen molar-refractivity contribution >= 4 is 0 Å². The average Bonchev–Trinajstić information content (AvgIpc) is 2.88. The van der Waals surface area contributed by atoms with Crippen molar-refractivity contribution in [3.05, 3.63) is 59.0 Å². The monoisotopic (exact) mass is 270 g/mol. The predicted octanol–water partition coefficient (Wildman–Crippen LogP) is 4.15. The van der Waals surface area contributed by atoms with Crippen LogP contribution in [-0.2, 0) is 17.4 Å². The van der Waals surface area contributed by atoms with Crippen LogP contribution in [0.2, 0.25) is 0 Å². The molecular formula is C18H22O2. The van der Waals surface area contributed by atoms with Crippen molar-refractivity contribution in [1.82, 2.24) is 0 Å². The maximum Gasteiger partial charge on any atom is 0.118 e. The van der Waals surface area contributed by atoms with Crippen LogP contribution in [0, 0.1) is 0 Å². The minimum absolute atomic E-state index is 0.133. The lowest BCUT2D eigenvalue weighted by molar-refractivity contribution is 0.0589. The Morgan fingerprint density at radius 2 is 1.80 bits per heavy atom. The smallest absolute Gasteiger partial charge is 0.118 e. The van der Waals surface area contributed by atoms with E-state index in [-0.39, 0.29) is 5.41 Å². The third-order valence-corrected chi connectivity index (χ3v) is 4.36. The fourth-order valence-corrected chi connectivity index (χ4v) is 3.09. The fourth-order valence-electron chi connectivity index (χ4n) is 3.09. The number of aliphatic hydroxyl groups is 1. The van der Waals surface area contributed by atoms with E-state index in [0.717, 1.165) is 36.1 Å². The average molecular weight is 270 g/mol. The predicted molar refractivity (Wildman–Crippen MR) is 79.8 cm³/mol. The molecular weight excluding hydrogens is 248 g/mol. The molecule has 1 aliphatic carbocycles. The molecule has 1 unspecified atom stereocenters. The summed E-state index contributed by atoms with van der Waals surface area (Å²) in [7, 11) is 0. The lowest BCUT2D eigenvalue weighted by Crippen LogP contribution is -2.31. The highest BCUT2D eigenvalue weighted by Crippen LogP contribution is 2.41. The molecule has 2 nitrogen and oxygen atoms in total. The van der Waals surface area contributed by atoms with Gasteiger partial charge in [-0.15, -0.1) is 0 Å². The van der Waals surface area contributed by atoms with Gasteiger partial charge in [-0.1, -0.05) is 45.0 Å². The van der Waals surface area contributed by atoms with Gasteiger partial charge in [0, 0.05) is 12.0 Å². The zero-order valence-electron chi connectivity index (χ0n) is 12.4. The maximum atomic E-state index is 11.1. The Morgan fingerprint density at radius 1 is 1.10 bits per heavy atom. The van der Waals surface area contributed by atoms with Gasteiger partial charge in [-0.05, 0) is 35.4 Å². The van der Waals surface area contributed by atoms with Crippen LogP contribution in [0.15, 0.2) is 41.0 Å². The Morgan fingerprint density at radius 3 is 2.45 bits per heavy atom. The van der Waals surface area contributed by atoms with Crippen LogP contribution < -0.4 is 0 Å². The molecule has 1 atom stereocenters. The molecule has 0 spiro atoms. The molecule has 0 fully saturated rings. The molecule has 0 aliphatic heterocycles. The van der Waals surface area contributed by atoms with Crippen LogP contribution in [-0.4, -0.2) is 5.11 Å². The van der Waals surface area contributed by atoms with E-state index in [4.69, 9.17) is 4.42 Å². The Labute approximate surface area is 120 Å². The highest BCUT2D eigenvalue weighted by molar-refractivity contribution is 5.41. The van der Waals surface area contributed by atoms with Crippen LogP contribution >= 0.6 is 0 Å². The minimum Gasteiger partial charge on any atom is -0.469 e. The van der Waals surface area contributed by atoms with Crippen molar-refractivity contribution in [2.75, 3.05) is 0 Å². The summed E-state index contributed by atoms with van der Waals surface area (Å²) in [6, 6.07) is 10.3. The number of benzene rings is 1. The van der Waals surface area contributed by atoms with Gasteiger partial charge in [-0.2, -0.15) is 0 Å². The first kappa shape index (κ1) is 13.4. The van der Waals surface area contributed by atoms with Crippen LogP contribution in [0.1, 0.15) is 56.1 Å². The summed E-state index contributed by atoms with van der Waals surface area (Å²) in [6.07, 6.45) is 4.32. The molecule has 0 saturated carbocycles. The van der Waals surface area contributed by atoms with Gasteiger partial charge < -0.3 is 9.52 Å². The van der Waals surface area contributed by atoms with Crippen molar-refractivity contribution in [2.45, 2.75) is 51.0 Å². The van der Waals surface area contributed by atoms with E-state index >= 15 is 0 Å². The molecule has 1 aliphatic rings. The molecule has 1 N–H and O–H groups in total. The van der Waals surface area contributed by atoms with Gasteiger partial charge in [-0.3, -0.25) is 0 Å². The number of furan rings is 1. The summed E-state index contributed by atoms with van der Waals surface area (Å²) in [5.74, 6) is 0.929. The van der Waals surface area contributed by atoms with Crippen molar-refractivity contribution < 1.29 is 9.52 Å². The van der Waals surface area contributed by atoms with Crippen LogP contribution in [0.3, 0.4) is 0 Å². The van der Waals surface area contributed by atoms with Crippen molar-refractivity contribution in [3.63, 3.8) is 0 Å². The lowest BCUT2D eigenvalue weighted by Gasteiger charge is -2.32. The summed E-state index contributed by atoms with van der Waals surface area (Å²) in [6.45, 7) is 6.60. The van der Waals surface area contributed by atoms with Gasteiger partial charge in [0.2, 0.25) is 0 Å². The Bertz CT molecular complexity index is 601. The molecule has 106 valence electrons. The Hall–Kier alpha value is -1.54. The SMILES string of the molecule is CC(C)(C)c1ccc(C2(O)CCCc3occc32)cc1. The molecule has 0 bridgehead atoms. The van der Waals surface area contributed by atoms with Gasteiger partial charge in [0.25, 0.3) is 0 Å². The number of hydrogen-bond donors (Lipinski definition) is 1. The topological polar surface area (TPSA) is 33.4 Å². The van der Waals surface area contributed by atoms with E-state index < -0.39 is 5.60 Å². The number of fused-ring (bicyclic) bond motifs is 1. The van der Waals surface area contributed by atoms with E-state index in [1.165, 1.54) is 5.56 Å². The first-order valence-electron chi connectivity index (χ1n) is 7.31. The molecule has 1 aromatic carbocycles. The molecule has 0 radical (unpaired) electrons. The summed E-state index contributed by atoms with van der Waals surface area (Å²) in [4.78, 5) is 0. The molecule has 0 saturated heterocycles. The zero-order chi connectivity index (χ0) is 14.4. The number of hydrogen-bond acceptors (Lipinski definition) is 2. The van der Waals surface area contributed by atoms with E-state index in [1.807, 2.05) is 6.07 Å². The van der Waals surface area contributed by atoms with Gasteiger partial charge in [-0.25, -0.2) is 0 Å². The van der Waals surface area contributed by atoms with Gasteiger partial charge in [0.05, 0.1) is 6.26 Å². The second-order valence-electron chi connectivity index (χ2n) is 6.80. The molecule has 1 heterocycles. The molecule has 20 heavy (non-hydrogen) atoms. The van der Waals surface area contributed by atoms with Crippen molar-refractivity contribution in [3.8, 4) is 0 Å². The Balaban J connectivity index is 2.02. The van der Waals surface area contributed by atoms with Gasteiger partial charge >= 0.3 is 0 Å². The highest BCUT2D eigenvalue weighted by Gasteiger charge is 2.37. The lowest BCUT2D eigenvalue weighted by atomic mass is 9.77. The number of aryl methyl sites for hydroxylation is 1. The minimum atomic E-state index is -0.892. The summed E-state index contributed by atoms with van der Waals surface area (Å²) in [5.41, 5.74) is 2.43. The highest BCUT2D eigenvalue weighted by atomic mass is 16.3. The van der Waals surface area contributed by atoms with E-state index in [1.54, 1.807) is 6.26 Å². The van der Waals surface area contributed by atoms with Gasteiger partial charge in [0.1, 0.15) is 11.4 Å². The summed E-state index contributed by atoms with van der Waals surface area (Å²) in [5, 5.41) is 11.1. The largest absolute Gasteiger partial charge is 0.469 e. The summed E-state index contributed by atoms with van der Waals surface area (Å²) < 4.78 is 5.49. The second-order valence-corrected chi connectivity index (χ2v) is 6.80. The van der Waals surface area contributed by atoms with Crippen LogP contribution in [0.5, 0.6) is 0 Å². The first-order valence-corrected chi connectivity index (χ1v) is 7.31. The van der Waals surface area contributed by atoms with Crippen molar-refractivity contribution in [2.24, 2.45) is 0 Å². The molecule has 1 aromatic heterocycles. The van der Waals surface area contributed by atoms with Crippen molar-refractivity contribution in [1.29, 1.82) is 0 Å².